The van der Waals surface area contributed by atoms with Crippen molar-refractivity contribution in [3.63, 3.8) is 0 Å². The number of amides is 1. The van der Waals surface area contributed by atoms with Crippen LogP contribution < -0.4 is 5.32 Å². The number of sulfonamides is 1. The van der Waals surface area contributed by atoms with Gasteiger partial charge in [0.1, 0.15) is 0 Å². The highest BCUT2D eigenvalue weighted by Gasteiger charge is 2.24. The molecule has 1 amide bonds. The summed E-state index contributed by atoms with van der Waals surface area (Å²) < 4.78 is 30.5. The van der Waals surface area contributed by atoms with Crippen LogP contribution in [0.5, 0.6) is 0 Å². The van der Waals surface area contributed by atoms with Crippen LogP contribution in [0, 0.1) is 0 Å². The number of halogens is 1. The highest BCUT2D eigenvalue weighted by atomic mass is 35.5. The first-order chi connectivity index (χ1) is 9.49. The van der Waals surface area contributed by atoms with Crippen LogP contribution in [0.15, 0.2) is 16.5 Å². The molecule has 0 atom stereocenters. The van der Waals surface area contributed by atoms with Gasteiger partial charge in [0.15, 0.2) is 11.0 Å². The molecular formula is C11H15ClN2O4S2. The Hall–Kier alpha value is -0.700. The number of rotatable bonds is 5. The first-order valence-electron chi connectivity index (χ1n) is 6.08. The van der Waals surface area contributed by atoms with Crippen LogP contribution in [-0.4, -0.2) is 55.5 Å². The molecule has 1 aromatic heterocycles. The molecule has 9 heteroatoms. The fraction of sp³-hybridized carbons (Fsp3) is 0.545. The van der Waals surface area contributed by atoms with Crippen LogP contribution in [0.25, 0.3) is 0 Å². The van der Waals surface area contributed by atoms with E-state index in [2.05, 4.69) is 5.32 Å². The number of furan rings is 1. The smallest absolute Gasteiger partial charge is 0.287 e. The first-order valence-corrected chi connectivity index (χ1v) is 9.22. The van der Waals surface area contributed by atoms with E-state index in [9.17, 15) is 13.2 Å². The predicted octanol–water partition coefficient (Wildman–Crippen LogP) is 1.04. The van der Waals surface area contributed by atoms with Gasteiger partial charge in [-0.3, -0.25) is 4.79 Å². The minimum atomic E-state index is -3.31. The van der Waals surface area contributed by atoms with E-state index < -0.39 is 15.9 Å². The Morgan fingerprint density at radius 1 is 1.40 bits per heavy atom. The van der Waals surface area contributed by atoms with Crippen molar-refractivity contribution in [3.05, 3.63) is 23.1 Å². The molecule has 0 aliphatic carbocycles. The summed E-state index contributed by atoms with van der Waals surface area (Å²) in [6.07, 6.45) is 0. The van der Waals surface area contributed by atoms with Crippen molar-refractivity contribution in [1.82, 2.24) is 9.62 Å². The van der Waals surface area contributed by atoms with Gasteiger partial charge in [-0.2, -0.15) is 11.8 Å². The van der Waals surface area contributed by atoms with Crippen molar-refractivity contribution in [2.24, 2.45) is 0 Å². The average Bonchev–Trinajstić information content (AvgIpc) is 2.86. The molecule has 0 aromatic carbocycles. The van der Waals surface area contributed by atoms with Crippen LogP contribution in [0.4, 0.5) is 0 Å². The van der Waals surface area contributed by atoms with Crippen molar-refractivity contribution in [2.75, 3.05) is 36.9 Å². The van der Waals surface area contributed by atoms with Gasteiger partial charge in [-0.15, -0.1) is 0 Å². The first kappa shape index (κ1) is 15.7. The highest BCUT2D eigenvalue weighted by Crippen LogP contribution is 2.14. The van der Waals surface area contributed by atoms with E-state index in [0.29, 0.717) is 13.1 Å². The second-order valence-electron chi connectivity index (χ2n) is 4.19. The van der Waals surface area contributed by atoms with Crippen molar-refractivity contribution >= 4 is 39.3 Å². The molecule has 0 radical (unpaired) electrons. The van der Waals surface area contributed by atoms with Gasteiger partial charge < -0.3 is 9.73 Å². The average molecular weight is 339 g/mol. The van der Waals surface area contributed by atoms with E-state index in [1.54, 1.807) is 11.8 Å². The number of carbonyl (C=O) groups is 1. The lowest BCUT2D eigenvalue weighted by atomic mass is 10.4. The number of hydrogen-bond acceptors (Lipinski definition) is 5. The molecule has 1 aromatic rings. The molecule has 0 saturated carbocycles. The van der Waals surface area contributed by atoms with E-state index in [1.165, 1.54) is 16.4 Å². The van der Waals surface area contributed by atoms with Gasteiger partial charge in [0.2, 0.25) is 10.0 Å². The van der Waals surface area contributed by atoms with Crippen LogP contribution in [0.1, 0.15) is 10.6 Å². The Kier molecular flexibility index (Phi) is 5.36. The number of nitrogens with one attached hydrogen (secondary N) is 1. The maximum atomic E-state index is 12.0. The summed E-state index contributed by atoms with van der Waals surface area (Å²) in [5.74, 6) is 1.12. The Balaban J connectivity index is 1.81. The molecule has 1 fully saturated rings. The fourth-order valence-electron chi connectivity index (χ4n) is 1.77. The number of nitrogens with zero attached hydrogens (tertiary/aromatic N) is 1. The maximum Gasteiger partial charge on any atom is 0.287 e. The van der Waals surface area contributed by atoms with Gasteiger partial charge in [-0.25, -0.2) is 12.7 Å². The summed E-state index contributed by atoms with van der Waals surface area (Å²) in [5.41, 5.74) is 0. The monoisotopic (exact) mass is 338 g/mol. The third-order valence-corrected chi connectivity index (χ3v) is 5.82. The fourth-order valence-corrected chi connectivity index (χ4v) is 4.41. The third-order valence-electron chi connectivity index (χ3n) is 2.81. The zero-order valence-corrected chi connectivity index (χ0v) is 13.1. The number of thioether (sulfide) groups is 1. The molecule has 1 saturated heterocycles. The molecule has 0 spiro atoms. The van der Waals surface area contributed by atoms with Crippen LogP contribution in [-0.2, 0) is 10.0 Å². The Morgan fingerprint density at radius 3 is 2.70 bits per heavy atom. The largest absolute Gasteiger partial charge is 0.440 e. The van der Waals surface area contributed by atoms with E-state index in [-0.39, 0.29) is 23.3 Å². The van der Waals surface area contributed by atoms with Crippen molar-refractivity contribution in [2.45, 2.75) is 0 Å². The molecule has 2 rings (SSSR count). The van der Waals surface area contributed by atoms with Gasteiger partial charge in [0.05, 0.1) is 5.75 Å². The SMILES string of the molecule is O=C(NCCS(=O)(=O)N1CCSCC1)c1ccc(Cl)o1. The zero-order valence-electron chi connectivity index (χ0n) is 10.7. The maximum absolute atomic E-state index is 12.0. The van der Waals surface area contributed by atoms with E-state index in [1.807, 2.05) is 0 Å². The van der Waals surface area contributed by atoms with E-state index in [4.69, 9.17) is 16.0 Å². The molecule has 1 aliphatic heterocycles. The molecule has 0 bridgehead atoms. The zero-order chi connectivity index (χ0) is 14.6. The second kappa shape index (κ2) is 6.84. The molecule has 1 N–H and O–H groups in total. The standard InChI is InChI=1S/C11H15ClN2O4S2/c12-10-2-1-9(18-10)11(15)13-3-8-20(16,17)14-4-6-19-7-5-14/h1-2H,3-8H2,(H,13,15). The number of carbonyl (C=O) groups excluding carboxylic acids is 1. The van der Waals surface area contributed by atoms with E-state index >= 15 is 0 Å². The minimum absolute atomic E-state index is 0.0448. The van der Waals surface area contributed by atoms with E-state index in [0.717, 1.165) is 11.5 Å². The summed E-state index contributed by atoms with van der Waals surface area (Å²) in [6.45, 7) is 1.12. The summed E-state index contributed by atoms with van der Waals surface area (Å²) >= 11 is 7.30. The topological polar surface area (TPSA) is 79.6 Å². The van der Waals surface area contributed by atoms with Crippen LogP contribution >= 0.6 is 23.4 Å². The molecule has 1 aliphatic rings. The Labute approximate surface area is 126 Å². The second-order valence-corrected chi connectivity index (χ2v) is 7.87. The molecule has 0 unspecified atom stereocenters. The number of hydrogen-bond donors (Lipinski definition) is 1. The van der Waals surface area contributed by atoms with Gasteiger partial charge in [0, 0.05) is 31.1 Å². The van der Waals surface area contributed by atoms with Gasteiger partial charge in [0.25, 0.3) is 5.91 Å². The van der Waals surface area contributed by atoms with Crippen molar-refractivity contribution < 1.29 is 17.6 Å². The minimum Gasteiger partial charge on any atom is -0.440 e. The lowest BCUT2D eigenvalue weighted by Crippen LogP contribution is -2.41. The molecule has 2 heterocycles. The quantitative estimate of drug-likeness (QED) is 0.867. The molecule has 112 valence electrons. The molecule has 6 nitrogen and oxygen atoms in total. The van der Waals surface area contributed by atoms with Crippen LogP contribution in [0.2, 0.25) is 5.22 Å². The van der Waals surface area contributed by atoms with Gasteiger partial charge in [-0.1, -0.05) is 0 Å². The molecular weight excluding hydrogens is 324 g/mol. The summed E-state index contributed by atoms with van der Waals surface area (Å²) in [4.78, 5) is 11.6. The van der Waals surface area contributed by atoms with Crippen LogP contribution in [0.3, 0.4) is 0 Å². The van der Waals surface area contributed by atoms with Gasteiger partial charge >= 0.3 is 0 Å². The highest BCUT2D eigenvalue weighted by molar-refractivity contribution is 7.99. The lowest BCUT2D eigenvalue weighted by Gasteiger charge is -2.25. The Morgan fingerprint density at radius 2 is 2.10 bits per heavy atom. The van der Waals surface area contributed by atoms with Crippen molar-refractivity contribution in [3.8, 4) is 0 Å². The summed E-state index contributed by atoms with van der Waals surface area (Å²) in [6, 6.07) is 2.90. The van der Waals surface area contributed by atoms with Crippen molar-refractivity contribution in [1.29, 1.82) is 0 Å². The molecule has 20 heavy (non-hydrogen) atoms. The predicted molar refractivity (Wildman–Crippen MR) is 78.7 cm³/mol. The summed E-state index contributed by atoms with van der Waals surface area (Å²) in [7, 11) is -3.31. The van der Waals surface area contributed by atoms with Gasteiger partial charge in [-0.05, 0) is 23.7 Å². The summed E-state index contributed by atoms with van der Waals surface area (Å²) in [5, 5.41) is 2.62. The lowest BCUT2D eigenvalue weighted by molar-refractivity contribution is 0.0928. The third kappa shape index (κ3) is 4.15. The Bertz CT molecular complexity index is 567. The normalized spacial score (nSPS) is 17.1.